The van der Waals surface area contributed by atoms with Gasteiger partial charge >= 0.3 is 0 Å². The third-order valence-electron chi connectivity index (χ3n) is 6.07. The zero-order chi connectivity index (χ0) is 20.3. The predicted octanol–water partition coefficient (Wildman–Crippen LogP) is 7.89. The maximum absolute atomic E-state index is 11.8. The van der Waals surface area contributed by atoms with Gasteiger partial charge in [-0.2, -0.15) is 0 Å². The Hall–Kier alpha value is -0.0631. The van der Waals surface area contributed by atoms with Gasteiger partial charge in [-0.25, -0.2) is 0 Å². The number of rotatable bonds is 13. The van der Waals surface area contributed by atoms with Gasteiger partial charge in [-0.05, 0) is 37.4 Å². The van der Waals surface area contributed by atoms with Crippen LogP contribution in [0, 0.1) is 0 Å². The molecule has 1 heterocycles. The summed E-state index contributed by atoms with van der Waals surface area (Å²) < 4.78 is 6.70. The van der Waals surface area contributed by atoms with E-state index in [-0.39, 0.29) is 11.1 Å². The molecule has 0 amide bonds. The van der Waals surface area contributed by atoms with E-state index in [0.29, 0.717) is 16.8 Å². The van der Waals surface area contributed by atoms with Crippen LogP contribution in [0.4, 0.5) is 0 Å². The van der Waals surface area contributed by atoms with E-state index in [1.54, 1.807) is 0 Å². The molecule has 0 radical (unpaired) electrons. The lowest BCUT2D eigenvalue weighted by atomic mass is 10.1. The first-order valence-electron chi connectivity index (χ1n) is 11.2. The molecular formula is C23H44O2SSi. The number of hydrogen-bond acceptors (Lipinski definition) is 3. The molecule has 1 aliphatic heterocycles. The van der Waals surface area contributed by atoms with Crippen LogP contribution in [0.15, 0.2) is 12.2 Å². The average molecular weight is 413 g/mol. The zero-order valence-electron chi connectivity index (χ0n) is 18.8. The normalized spacial score (nSPS) is 19.9. The van der Waals surface area contributed by atoms with Gasteiger partial charge < -0.3 is 4.43 Å². The smallest absolute Gasteiger partial charge is 0.192 e. The van der Waals surface area contributed by atoms with Crippen LogP contribution in [-0.4, -0.2) is 24.8 Å². The molecule has 0 unspecified atom stereocenters. The van der Waals surface area contributed by atoms with Crippen LogP contribution in [0.25, 0.3) is 0 Å². The van der Waals surface area contributed by atoms with Gasteiger partial charge in [0.25, 0.3) is 0 Å². The molecule has 1 saturated heterocycles. The molecule has 0 aliphatic carbocycles. The van der Waals surface area contributed by atoms with Crippen molar-refractivity contribution in [3.05, 3.63) is 12.2 Å². The van der Waals surface area contributed by atoms with Crippen molar-refractivity contribution in [2.45, 2.75) is 128 Å². The second kappa shape index (κ2) is 12.5. The van der Waals surface area contributed by atoms with Crippen molar-refractivity contribution in [1.29, 1.82) is 0 Å². The molecule has 1 aliphatic rings. The second-order valence-corrected chi connectivity index (χ2v) is 15.7. The van der Waals surface area contributed by atoms with Crippen LogP contribution in [0.2, 0.25) is 18.1 Å². The lowest BCUT2D eigenvalue weighted by Crippen LogP contribution is -2.45. The number of thioether (sulfide) groups is 1. The zero-order valence-corrected chi connectivity index (χ0v) is 20.6. The summed E-state index contributed by atoms with van der Waals surface area (Å²) >= 11 is 1.51. The molecule has 0 spiro atoms. The highest BCUT2D eigenvalue weighted by molar-refractivity contribution is 8.14. The summed E-state index contributed by atoms with van der Waals surface area (Å²) in [5.74, 6) is 0. The summed E-state index contributed by atoms with van der Waals surface area (Å²) in [6.45, 7) is 13.8. The van der Waals surface area contributed by atoms with E-state index >= 15 is 0 Å². The Morgan fingerprint density at radius 2 is 1.70 bits per heavy atom. The van der Waals surface area contributed by atoms with Crippen molar-refractivity contribution >= 4 is 25.2 Å². The Labute approximate surface area is 174 Å². The van der Waals surface area contributed by atoms with Gasteiger partial charge in [0.2, 0.25) is 0 Å². The Balaban J connectivity index is 2.43. The molecule has 27 heavy (non-hydrogen) atoms. The largest absolute Gasteiger partial charge is 0.409 e. The molecule has 2 atom stereocenters. The molecule has 0 bridgehead atoms. The number of hydrogen-bond donors (Lipinski definition) is 0. The number of carbonyl (C=O) groups excluding carboxylic acids is 1. The van der Waals surface area contributed by atoms with Gasteiger partial charge in [0, 0.05) is 11.7 Å². The van der Waals surface area contributed by atoms with Crippen molar-refractivity contribution in [3.63, 3.8) is 0 Å². The molecular weight excluding hydrogens is 368 g/mol. The monoisotopic (exact) mass is 412 g/mol. The molecule has 0 aromatic heterocycles. The highest BCUT2D eigenvalue weighted by atomic mass is 32.2. The lowest BCUT2D eigenvalue weighted by molar-refractivity contribution is -0.110. The van der Waals surface area contributed by atoms with Crippen LogP contribution in [0.1, 0.15) is 98.3 Å². The summed E-state index contributed by atoms with van der Waals surface area (Å²) in [7, 11) is -1.83. The third-order valence-corrected chi connectivity index (χ3v) is 11.8. The van der Waals surface area contributed by atoms with E-state index in [9.17, 15) is 4.79 Å². The Morgan fingerprint density at radius 3 is 2.22 bits per heavy atom. The third kappa shape index (κ3) is 9.80. The minimum Gasteiger partial charge on any atom is -0.409 e. The quantitative estimate of drug-likeness (QED) is 0.175. The fourth-order valence-corrected chi connectivity index (χ4v) is 5.63. The molecule has 0 saturated carbocycles. The highest BCUT2D eigenvalue weighted by Gasteiger charge is 2.41. The first kappa shape index (κ1) is 25.0. The van der Waals surface area contributed by atoms with Gasteiger partial charge in [-0.15, -0.1) is 0 Å². The average Bonchev–Trinajstić information content (AvgIpc) is 3.00. The molecule has 158 valence electrons. The van der Waals surface area contributed by atoms with Crippen molar-refractivity contribution < 1.29 is 9.22 Å². The standard InChI is InChI=1S/C23H44O2SSi/c1-7-8-9-10-11-12-13-14-15-16-17-20(21-18-19-22(24)26-21)25-27(5,6)23(2,3)4/h16-17,20-21H,7-15,18-19H2,1-6H3/b17-16+/t20-,21-/m0/s1. The van der Waals surface area contributed by atoms with Crippen molar-refractivity contribution in [3.8, 4) is 0 Å². The van der Waals surface area contributed by atoms with Crippen molar-refractivity contribution in [2.75, 3.05) is 0 Å². The number of unbranched alkanes of at least 4 members (excludes halogenated alkanes) is 8. The summed E-state index contributed by atoms with van der Waals surface area (Å²) in [5, 5.41) is 0.839. The topological polar surface area (TPSA) is 26.3 Å². The summed E-state index contributed by atoms with van der Waals surface area (Å²) in [4.78, 5) is 11.8. The van der Waals surface area contributed by atoms with E-state index in [1.807, 2.05) is 0 Å². The maximum Gasteiger partial charge on any atom is 0.192 e. The van der Waals surface area contributed by atoms with E-state index < -0.39 is 8.32 Å². The fraction of sp³-hybridized carbons (Fsp3) is 0.870. The molecule has 0 N–H and O–H groups in total. The Bertz CT molecular complexity index is 454. The van der Waals surface area contributed by atoms with Crippen LogP contribution < -0.4 is 0 Å². The lowest BCUT2D eigenvalue weighted by Gasteiger charge is -2.39. The SMILES string of the molecule is CCCCCCCCCC/C=C/[C@H](O[Si](C)(C)C(C)(C)C)[C@@H]1CCC(=O)S1. The molecule has 0 aromatic carbocycles. The molecule has 2 nitrogen and oxygen atoms in total. The first-order chi connectivity index (χ1) is 12.7. The van der Waals surface area contributed by atoms with Crippen molar-refractivity contribution in [1.82, 2.24) is 0 Å². The van der Waals surface area contributed by atoms with Gasteiger partial charge in [-0.3, -0.25) is 4.79 Å². The van der Waals surface area contributed by atoms with Crippen LogP contribution in [-0.2, 0) is 9.22 Å². The van der Waals surface area contributed by atoms with Gasteiger partial charge in [-0.1, -0.05) is 96.6 Å². The molecule has 1 rings (SSSR count). The van der Waals surface area contributed by atoms with E-state index in [2.05, 4.69) is 52.9 Å². The molecule has 0 aromatic rings. The number of allylic oxidation sites excluding steroid dienone is 1. The number of carbonyl (C=O) groups is 1. The van der Waals surface area contributed by atoms with E-state index in [1.165, 1.54) is 63.1 Å². The minimum absolute atomic E-state index is 0.0939. The minimum atomic E-state index is -1.83. The molecule has 1 fully saturated rings. The maximum atomic E-state index is 11.8. The van der Waals surface area contributed by atoms with Crippen LogP contribution in [0.5, 0.6) is 0 Å². The first-order valence-corrected chi connectivity index (χ1v) is 15.0. The fourth-order valence-electron chi connectivity index (χ4n) is 3.16. The summed E-state index contributed by atoms with van der Waals surface area (Å²) in [6, 6.07) is 0. The Kier molecular flexibility index (Phi) is 11.6. The van der Waals surface area contributed by atoms with E-state index in [0.717, 1.165) is 12.8 Å². The van der Waals surface area contributed by atoms with Gasteiger partial charge in [0.15, 0.2) is 13.4 Å². The predicted molar refractivity (Wildman–Crippen MR) is 124 cm³/mol. The highest BCUT2D eigenvalue weighted by Crippen LogP contribution is 2.40. The second-order valence-electron chi connectivity index (χ2n) is 9.60. The molecule has 4 heteroatoms. The Morgan fingerprint density at radius 1 is 1.11 bits per heavy atom. The summed E-state index contributed by atoms with van der Waals surface area (Å²) in [6.07, 6.45) is 18.4. The van der Waals surface area contributed by atoms with Crippen molar-refractivity contribution in [2.24, 2.45) is 0 Å². The van der Waals surface area contributed by atoms with Crippen LogP contribution in [0.3, 0.4) is 0 Å². The van der Waals surface area contributed by atoms with Crippen LogP contribution >= 0.6 is 11.8 Å². The van der Waals surface area contributed by atoms with E-state index in [4.69, 9.17) is 4.43 Å². The van der Waals surface area contributed by atoms with Gasteiger partial charge in [0.1, 0.15) is 0 Å². The van der Waals surface area contributed by atoms with Gasteiger partial charge in [0.05, 0.1) is 6.10 Å². The summed E-state index contributed by atoms with van der Waals surface area (Å²) in [5.41, 5.74) is 0.